The molecule has 0 aliphatic carbocycles. The van der Waals surface area contributed by atoms with Crippen LogP contribution in [0.5, 0.6) is 5.75 Å². The lowest BCUT2D eigenvalue weighted by molar-refractivity contribution is -0.126. The minimum Gasteiger partial charge on any atom is -0.494 e. The van der Waals surface area contributed by atoms with Crippen LogP contribution in [-0.2, 0) is 4.79 Å². The third-order valence-electron chi connectivity index (χ3n) is 2.82. The van der Waals surface area contributed by atoms with Crippen molar-refractivity contribution >= 4 is 11.9 Å². The van der Waals surface area contributed by atoms with Crippen LogP contribution in [0.15, 0.2) is 12.4 Å². The molecule has 0 atom stereocenters. The van der Waals surface area contributed by atoms with Crippen LogP contribution in [0.3, 0.4) is 0 Å². The Morgan fingerprint density at radius 1 is 1.44 bits per heavy atom. The van der Waals surface area contributed by atoms with Gasteiger partial charge < -0.3 is 15.0 Å². The highest BCUT2D eigenvalue weighted by atomic mass is 16.5. The van der Waals surface area contributed by atoms with Crippen LogP contribution in [0.1, 0.15) is 13.8 Å². The maximum Gasteiger partial charge on any atom is 0.226 e. The number of carbonyl (C=O) groups is 1. The van der Waals surface area contributed by atoms with E-state index in [-0.39, 0.29) is 17.9 Å². The average molecular weight is 250 g/mol. The summed E-state index contributed by atoms with van der Waals surface area (Å²) in [5, 5.41) is 2.91. The highest BCUT2D eigenvalue weighted by Gasteiger charge is 2.34. The maximum atomic E-state index is 11.7. The molecule has 1 fully saturated rings. The monoisotopic (exact) mass is 250 g/mol. The number of nitrogens with one attached hydrogen (secondary N) is 1. The van der Waals surface area contributed by atoms with Gasteiger partial charge in [-0.25, -0.2) is 9.97 Å². The van der Waals surface area contributed by atoms with Crippen molar-refractivity contribution in [1.29, 1.82) is 0 Å². The number of hydrogen-bond donors (Lipinski definition) is 1. The molecule has 1 saturated heterocycles. The van der Waals surface area contributed by atoms with E-state index in [1.54, 1.807) is 19.5 Å². The zero-order valence-corrected chi connectivity index (χ0v) is 10.9. The number of hydrogen-bond acceptors (Lipinski definition) is 5. The average Bonchev–Trinajstić information content (AvgIpc) is 2.27. The highest BCUT2D eigenvalue weighted by molar-refractivity contribution is 5.81. The molecule has 1 N–H and O–H groups in total. The molecule has 1 aliphatic heterocycles. The van der Waals surface area contributed by atoms with Gasteiger partial charge in [0.05, 0.1) is 25.4 Å². The Bertz CT molecular complexity index is 413. The Kier molecular flexibility index (Phi) is 3.64. The third kappa shape index (κ3) is 2.69. The molecule has 6 nitrogen and oxygen atoms in total. The SMILES string of the molecule is COc1cnc(N2CC(C(=O)NC(C)C)C2)nc1. The normalized spacial score (nSPS) is 15.4. The fourth-order valence-corrected chi connectivity index (χ4v) is 1.79. The van der Waals surface area contributed by atoms with Crippen LogP contribution in [-0.4, -0.2) is 42.1 Å². The Balaban J connectivity index is 1.86. The summed E-state index contributed by atoms with van der Waals surface area (Å²) in [6.07, 6.45) is 3.26. The summed E-state index contributed by atoms with van der Waals surface area (Å²) < 4.78 is 5.00. The van der Waals surface area contributed by atoms with E-state index in [4.69, 9.17) is 4.74 Å². The predicted octanol–water partition coefficient (Wildman–Crippen LogP) is 0.446. The molecule has 0 spiro atoms. The minimum absolute atomic E-state index is 0.0399. The molecular weight excluding hydrogens is 232 g/mol. The second kappa shape index (κ2) is 5.20. The number of amides is 1. The number of rotatable bonds is 4. The van der Waals surface area contributed by atoms with Gasteiger partial charge in [0.25, 0.3) is 0 Å². The Labute approximate surface area is 106 Å². The van der Waals surface area contributed by atoms with E-state index in [1.165, 1.54) is 0 Å². The minimum atomic E-state index is 0.0399. The lowest BCUT2D eigenvalue weighted by Crippen LogP contribution is -2.55. The molecule has 18 heavy (non-hydrogen) atoms. The van der Waals surface area contributed by atoms with Crippen molar-refractivity contribution in [1.82, 2.24) is 15.3 Å². The highest BCUT2D eigenvalue weighted by Crippen LogP contribution is 2.21. The number of ether oxygens (including phenoxy) is 1. The summed E-state index contributed by atoms with van der Waals surface area (Å²) in [7, 11) is 1.58. The van der Waals surface area contributed by atoms with Gasteiger partial charge in [-0.1, -0.05) is 0 Å². The molecular formula is C12H18N4O2. The molecule has 0 saturated carbocycles. The molecule has 98 valence electrons. The topological polar surface area (TPSA) is 67.3 Å². The van der Waals surface area contributed by atoms with Gasteiger partial charge in [0.1, 0.15) is 0 Å². The molecule has 1 amide bonds. The van der Waals surface area contributed by atoms with Crippen LogP contribution in [0.25, 0.3) is 0 Å². The Hall–Kier alpha value is -1.85. The molecule has 6 heteroatoms. The van der Waals surface area contributed by atoms with Gasteiger partial charge in [0.15, 0.2) is 5.75 Å². The van der Waals surface area contributed by atoms with Gasteiger partial charge >= 0.3 is 0 Å². The van der Waals surface area contributed by atoms with Crippen molar-refractivity contribution in [2.24, 2.45) is 5.92 Å². The number of carbonyl (C=O) groups excluding carboxylic acids is 1. The van der Waals surface area contributed by atoms with E-state index >= 15 is 0 Å². The van der Waals surface area contributed by atoms with E-state index in [0.29, 0.717) is 24.8 Å². The van der Waals surface area contributed by atoms with Gasteiger partial charge in [0.2, 0.25) is 11.9 Å². The van der Waals surface area contributed by atoms with Crippen molar-refractivity contribution in [2.75, 3.05) is 25.1 Å². The first-order valence-electron chi connectivity index (χ1n) is 6.01. The fourth-order valence-electron chi connectivity index (χ4n) is 1.79. The van der Waals surface area contributed by atoms with Gasteiger partial charge in [-0.15, -0.1) is 0 Å². The van der Waals surface area contributed by atoms with Crippen LogP contribution in [0.2, 0.25) is 0 Å². The molecule has 1 aromatic rings. The zero-order chi connectivity index (χ0) is 13.1. The van der Waals surface area contributed by atoms with Gasteiger partial charge in [-0.3, -0.25) is 4.79 Å². The van der Waals surface area contributed by atoms with E-state index in [1.807, 2.05) is 18.7 Å². The predicted molar refractivity (Wildman–Crippen MR) is 67.6 cm³/mol. The largest absolute Gasteiger partial charge is 0.494 e. The zero-order valence-electron chi connectivity index (χ0n) is 10.9. The molecule has 0 unspecified atom stereocenters. The van der Waals surface area contributed by atoms with Crippen LogP contribution >= 0.6 is 0 Å². The van der Waals surface area contributed by atoms with Crippen LogP contribution in [0, 0.1) is 5.92 Å². The second-order valence-electron chi connectivity index (χ2n) is 4.69. The molecule has 0 radical (unpaired) electrons. The molecule has 1 aromatic heterocycles. The standard InChI is InChI=1S/C12H18N4O2/c1-8(2)15-11(17)9-6-16(7-9)12-13-4-10(18-3)5-14-12/h4-5,8-9H,6-7H2,1-3H3,(H,15,17). The number of anilines is 1. The molecule has 0 bridgehead atoms. The van der Waals surface area contributed by atoms with Crippen molar-refractivity contribution in [3.63, 3.8) is 0 Å². The summed E-state index contributed by atoms with van der Waals surface area (Å²) in [5.41, 5.74) is 0. The van der Waals surface area contributed by atoms with E-state index in [0.717, 1.165) is 0 Å². The number of nitrogens with zero attached hydrogens (tertiary/aromatic N) is 3. The third-order valence-corrected chi connectivity index (χ3v) is 2.82. The van der Waals surface area contributed by atoms with Crippen molar-refractivity contribution < 1.29 is 9.53 Å². The van der Waals surface area contributed by atoms with Crippen molar-refractivity contribution in [3.05, 3.63) is 12.4 Å². The van der Waals surface area contributed by atoms with Gasteiger partial charge in [0, 0.05) is 19.1 Å². The summed E-state index contributed by atoms with van der Waals surface area (Å²) in [5.74, 6) is 1.42. The first kappa shape index (κ1) is 12.6. The van der Waals surface area contributed by atoms with E-state index < -0.39 is 0 Å². The van der Waals surface area contributed by atoms with Crippen molar-refractivity contribution in [2.45, 2.75) is 19.9 Å². The van der Waals surface area contributed by atoms with Crippen molar-refractivity contribution in [3.8, 4) is 5.75 Å². The Morgan fingerprint density at radius 3 is 2.56 bits per heavy atom. The summed E-state index contributed by atoms with van der Waals surface area (Å²) in [6, 6.07) is 0.184. The van der Waals surface area contributed by atoms with E-state index in [9.17, 15) is 4.79 Å². The maximum absolute atomic E-state index is 11.7. The number of methoxy groups -OCH3 is 1. The van der Waals surface area contributed by atoms with Crippen LogP contribution < -0.4 is 15.0 Å². The summed E-state index contributed by atoms with van der Waals surface area (Å²) in [4.78, 5) is 22.1. The first-order chi connectivity index (χ1) is 8.60. The molecule has 2 heterocycles. The van der Waals surface area contributed by atoms with Gasteiger partial charge in [-0.2, -0.15) is 0 Å². The number of aromatic nitrogens is 2. The molecule has 1 aliphatic rings. The summed E-state index contributed by atoms with van der Waals surface area (Å²) >= 11 is 0. The summed E-state index contributed by atoms with van der Waals surface area (Å²) in [6.45, 7) is 5.26. The quantitative estimate of drug-likeness (QED) is 0.840. The lowest BCUT2D eigenvalue weighted by atomic mass is 9.99. The first-order valence-corrected chi connectivity index (χ1v) is 6.01. The fraction of sp³-hybridized carbons (Fsp3) is 0.583. The van der Waals surface area contributed by atoms with E-state index in [2.05, 4.69) is 15.3 Å². The smallest absolute Gasteiger partial charge is 0.226 e. The lowest BCUT2D eigenvalue weighted by Gasteiger charge is -2.38. The molecule has 2 rings (SSSR count). The Morgan fingerprint density at radius 2 is 2.06 bits per heavy atom. The van der Waals surface area contributed by atoms with Gasteiger partial charge in [-0.05, 0) is 13.8 Å². The second-order valence-corrected chi connectivity index (χ2v) is 4.69. The molecule has 0 aromatic carbocycles. The van der Waals surface area contributed by atoms with Crippen LogP contribution in [0.4, 0.5) is 5.95 Å².